The van der Waals surface area contributed by atoms with Gasteiger partial charge in [-0.3, -0.25) is 4.79 Å². The maximum atomic E-state index is 11.2. The predicted molar refractivity (Wildman–Crippen MR) is 61.1 cm³/mol. The lowest BCUT2D eigenvalue weighted by atomic mass is 10.3. The molecule has 0 aliphatic carbocycles. The number of carbonyl (C=O) groups is 1. The van der Waals surface area contributed by atoms with Crippen LogP contribution in [0.3, 0.4) is 0 Å². The Kier molecular flexibility index (Phi) is 4.55. The van der Waals surface area contributed by atoms with Gasteiger partial charge in [0.15, 0.2) is 0 Å². The van der Waals surface area contributed by atoms with Crippen molar-refractivity contribution in [2.75, 3.05) is 18.4 Å². The minimum Gasteiger partial charge on any atom is -0.361 e. The number of carbonyl (C=O) groups excluding carboxylic acids is 1. The van der Waals surface area contributed by atoms with Crippen molar-refractivity contribution in [1.29, 1.82) is 5.26 Å². The molecule has 0 aromatic carbocycles. The highest BCUT2D eigenvalue weighted by Crippen LogP contribution is 2.13. The lowest BCUT2D eigenvalue weighted by Gasteiger charge is -2.06. The molecule has 1 amide bonds. The van der Waals surface area contributed by atoms with Crippen LogP contribution in [0.1, 0.15) is 12.5 Å². The standard InChI is InChI=1S/C10H11ClN4O/c1-2-13-10(16)6-14-9-4-7(5-12)3-8(11)15-9/h3-4H,2,6H2,1H3,(H,13,16)(H,14,15). The van der Waals surface area contributed by atoms with Gasteiger partial charge in [-0.05, 0) is 19.1 Å². The van der Waals surface area contributed by atoms with Crippen molar-refractivity contribution in [3.05, 3.63) is 22.8 Å². The first-order chi connectivity index (χ1) is 7.65. The van der Waals surface area contributed by atoms with E-state index in [1.165, 1.54) is 12.1 Å². The maximum Gasteiger partial charge on any atom is 0.239 e. The van der Waals surface area contributed by atoms with E-state index in [-0.39, 0.29) is 17.6 Å². The highest BCUT2D eigenvalue weighted by molar-refractivity contribution is 6.29. The number of anilines is 1. The molecule has 1 aromatic rings. The first kappa shape index (κ1) is 12.3. The number of rotatable bonds is 4. The van der Waals surface area contributed by atoms with Crippen LogP contribution in [0.5, 0.6) is 0 Å². The van der Waals surface area contributed by atoms with Crippen LogP contribution in [-0.4, -0.2) is 24.0 Å². The summed E-state index contributed by atoms with van der Waals surface area (Å²) in [4.78, 5) is 15.1. The third kappa shape index (κ3) is 3.75. The van der Waals surface area contributed by atoms with Crippen LogP contribution in [0, 0.1) is 11.3 Å². The Labute approximate surface area is 98.4 Å². The number of nitrogens with one attached hydrogen (secondary N) is 2. The summed E-state index contributed by atoms with van der Waals surface area (Å²) >= 11 is 5.70. The molecular weight excluding hydrogens is 228 g/mol. The Morgan fingerprint density at radius 3 is 3.00 bits per heavy atom. The van der Waals surface area contributed by atoms with Crippen LogP contribution < -0.4 is 10.6 Å². The molecule has 6 heteroatoms. The van der Waals surface area contributed by atoms with Gasteiger partial charge in [0, 0.05) is 6.54 Å². The largest absolute Gasteiger partial charge is 0.361 e. The van der Waals surface area contributed by atoms with Gasteiger partial charge in [0.2, 0.25) is 5.91 Å². The van der Waals surface area contributed by atoms with E-state index in [0.29, 0.717) is 17.9 Å². The molecule has 1 rings (SSSR count). The first-order valence-corrected chi connectivity index (χ1v) is 5.11. The number of aromatic nitrogens is 1. The zero-order chi connectivity index (χ0) is 12.0. The Bertz CT molecular complexity index is 427. The van der Waals surface area contributed by atoms with Gasteiger partial charge in [0.1, 0.15) is 11.0 Å². The molecule has 0 saturated heterocycles. The molecule has 0 spiro atoms. The molecule has 5 nitrogen and oxygen atoms in total. The molecule has 84 valence electrons. The molecule has 1 heterocycles. The van der Waals surface area contributed by atoms with Crippen LogP contribution in [-0.2, 0) is 4.79 Å². The van der Waals surface area contributed by atoms with E-state index in [9.17, 15) is 4.79 Å². The van der Waals surface area contributed by atoms with E-state index in [4.69, 9.17) is 16.9 Å². The van der Waals surface area contributed by atoms with Crippen molar-refractivity contribution in [2.45, 2.75) is 6.92 Å². The summed E-state index contributed by atoms with van der Waals surface area (Å²) in [6.45, 7) is 2.52. The van der Waals surface area contributed by atoms with Crippen molar-refractivity contribution in [1.82, 2.24) is 10.3 Å². The first-order valence-electron chi connectivity index (χ1n) is 4.74. The molecule has 0 fully saturated rings. The number of hydrogen-bond acceptors (Lipinski definition) is 4. The van der Waals surface area contributed by atoms with Gasteiger partial charge in [-0.25, -0.2) is 4.98 Å². The molecule has 16 heavy (non-hydrogen) atoms. The smallest absolute Gasteiger partial charge is 0.239 e. The Morgan fingerprint density at radius 1 is 1.62 bits per heavy atom. The summed E-state index contributed by atoms with van der Waals surface area (Å²) in [6.07, 6.45) is 0. The number of likely N-dealkylation sites (N-methyl/N-ethyl adjacent to an activating group) is 1. The average Bonchev–Trinajstić information content (AvgIpc) is 2.26. The van der Waals surface area contributed by atoms with Crippen molar-refractivity contribution in [2.24, 2.45) is 0 Å². The highest BCUT2D eigenvalue weighted by atomic mass is 35.5. The van der Waals surface area contributed by atoms with E-state index >= 15 is 0 Å². The van der Waals surface area contributed by atoms with Crippen LogP contribution in [0.25, 0.3) is 0 Å². The highest BCUT2D eigenvalue weighted by Gasteiger charge is 2.03. The summed E-state index contributed by atoms with van der Waals surface area (Å²) in [6, 6.07) is 4.95. The fourth-order valence-corrected chi connectivity index (χ4v) is 1.29. The Hall–Kier alpha value is -1.80. The minimum atomic E-state index is -0.136. The summed E-state index contributed by atoms with van der Waals surface area (Å²) in [5, 5.41) is 14.3. The summed E-state index contributed by atoms with van der Waals surface area (Å²) < 4.78 is 0. The SMILES string of the molecule is CCNC(=O)CNc1cc(C#N)cc(Cl)n1. The van der Waals surface area contributed by atoms with Gasteiger partial charge in [0.05, 0.1) is 18.2 Å². The van der Waals surface area contributed by atoms with E-state index in [0.717, 1.165) is 0 Å². The average molecular weight is 239 g/mol. The minimum absolute atomic E-state index is 0.103. The Balaban J connectivity index is 2.64. The third-order valence-electron chi connectivity index (χ3n) is 1.73. The topological polar surface area (TPSA) is 77.8 Å². The maximum absolute atomic E-state index is 11.2. The molecule has 2 N–H and O–H groups in total. The van der Waals surface area contributed by atoms with Gasteiger partial charge in [0.25, 0.3) is 0 Å². The van der Waals surface area contributed by atoms with Gasteiger partial charge in [-0.15, -0.1) is 0 Å². The number of halogens is 1. The van der Waals surface area contributed by atoms with Gasteiger partial charge < -0.3 is 10.6 Å². The van der Waals surface area contributed by atoms with Crippen LogP contribution in [0.4, 0.5) is 5.82 Å². The van der Waals surface area contributed by atoms with Crippen molar-refractivity contribution in [3.8, 4) is 6.07 Å². The number of amides is 1. The molecule has 0 bridgehead atoms. The van der Waals surface area contributed by atoms with Crippen LogP contribution >= 0.6 is 11.6 Å². The lowest BCUT2D eigenvalue weighted by molar-refractivity contribution is -0.119. The molecular formula is C10H11ClN4O. The summed E-state index contributed by atoms with van der Waals surface area (Å²) in [7, 11) is 0. The van der Waals surface area contributed by atoms with Gasteiger partial charge >= 0.3 is 0 Å². The van der Waals surface area contributed by atoms with Crippen LogP contribution in [0.2, 0.25) is 5.15 Å². The zero-order valence-corrected chi connectivity index (χ0v) is 9.51. The monoisotopic (exact) mass is 238 g/mol. The van der Waals surface area contributed by atoms with Gasteiger partial charge in [-0.1, -0.05) is 11.6 Å². The fraction of sp³-hybridized carbons (Fsp3) is 0.300. The number of nitrogens with zero attached hydrogens (tertiary/aromatic N) is 2. The number of hydrogen-bond donors (Lipinski definition) is 2. The van der Waals surface area contributed by atoms with E-state index in [1.54, 1.807) is 0 Å². The number of nitriles is 1. The quantitative estimate of drug-likeness (QED) is 0.772. The van der Waals surface area contributed by atoms with Crippen molar-refractivity contribution >= 4 is 23.3 Å². The summed E-state index contributed by atoms with van der Waals surface area (Å²) in [5.74, 6) is 0.276. The lowest BCUT2D eigenvalue weighted by Crippen LogP contribution is -2.29. The third-order valence-corrected chi connectivity index (χ3v) is 1.92. The van der Waals surface area contributed by atoms with Crippen LogP contribution in [0.15, 0.2) is 12.1 Å². The zero-order valence-electron chi connectivity index (χ0n) is 8.75. The molecule has 0 aliphatic rings. The molecule has 0 radical (unpaired) electrons. The second-order valence-corrected chi connectivity index (χ2v) is 3.37. The van der Waals surface area contributed by atoms with Crippen molar-refractivity contribution in [3.63, 3.8) is 0 Å². The number of pyridine rings is 1. The van der Waals surface area contributed by atoms with Gasteiger partial charge in [-0.2, -0.15) is 5.26 Å². The fourth-order valence-electron chi connectivity index (χ4n) is 1.08. The second kappa shape index (κ2) is 5.93. The van der Waals surface area contributed by atoms with E-state index < -0.39 is 0 Å². The molecule has 0 atom stereocenters. The molecule has 0 saturated carbocycles. The Morgan fingerprint density at radius 2 is 2.38 bits per heavy atom. The summed E-state index contributed by atoms with van der Waals surface area (Å²) in [5.41, 5.74) is 0.401. The van der Waals surface area contributed by atoms with Crippen molar-refractivity contribution < 1.29 is 4.79 Å². The normalized spacial score (nSPS) is 9.31. The molecule has 0 unspecified atom stereocenters. The van der Waals surface area contributed by atoms with E-state index in [2.05, 4.69) is 15.6 Å². The second-order valence-electron chi connectivity index (χ2n) is 2.98. The molecule has 0 aliphatic heterocycles. The molecule has 1 aromatic heterocycles. The van der Waals surface area contributed by atoms with E-state index in [1.807, 2.05) is 13.0 Å². The predicted octanol–water partition coefficient (Wildman–Crippen LogP) is 1.15.